The van der Waals surface area contributed by atoms with E-state index in [1.807, 2.05) is 20.8 Å². The van der Waals surface area contributed by atoms with E-state index >= 15 is 0 Å². The Morgan fingerprint density at radius 3 is 2.21 bits per heavy atom. The zero-order valence-electron chi connectivity index (χ0n) is 9.85. The quantitative estimate of drug-likeness (QED) is 0.702. The largest absolute Gasteiger partial charge is 0.351 e. The van der Waals surface area contributed by atoms with E-state index in [0.717, 1.165) is 6.42 Å². The van der Waals surface area contributed by atoms with E-state index in [4.69, 9.17) is 5.73 Å². The highest BCUT2D eigenvalue weighted by atomic mass is 16.2. The first-order valence-electron chi connectivity index (χ1n) is 5.20. The second kappa shape index (κ2) is 3.23. The monoisotopic (exact) mass is 198 g/mol. The first-order chi connectivity index (χ1) is 6.14. The highest BCUT2D eigenvalue weighted by molar-refractivity contribution is 5.83. The predicted molar refractivity (Wildman–Crippen MR) is 57.8 cm³/mol. The van der Waals surface area contributed by atoms with Crippen molar-refractivity contribution < 1.29 is 4.79 Å². The molecular weight excluding hydrogens is 176 g/mol. The first-order valence-corrected chi connectivity index (χ1v) is 5.20. The Morgan fingerprint density at radius 2 is 1.93 bits per heavy atom. The van der Waals surface area contributed by atoms with Gasteiger partial charge in [0.2, 0.25) is 5.91 Å². The Labute approximate surface area is 86.4 Å². The van der Waals surface area contributed by atoms with Gasteiger partial charge in [0, 0.05) is 6.04 Å². The first kappa shape index (κ1) is 11.5. The Hall–Kier alpha value is -0.570. The molecule has 1 saturated carbocycles. The van der Waals surface area contributed by atoms with Crippen LogP contribution in [-0.4, -0.2) is 18.0 Å². The van der Waals surface area contributed by atoms with E-state index in [9.17, 15) is 4.79 Å². The van der Waals surface area contributed by atoms with E-state index in [-0.39, 0.29) is 16.7 Å². The molecule has 0 heterocycles. The summed E-state index contributed by atoms with van der Waals surface area (Å²) >= 11 is 0. The summed E-state index contributed by atoms with van der Waals surface area (Å²) in [4.78, 5) is 11.7. The second-order valence-electron chi connectivity index (χ2n) is 6.10. The SMILES string of the molecule is CC(C)(C)C(N)C(=O)NC1CC1(C)C. The van der Waals surface area contributed by atoms with Crippen LogP contribution >= 0.6 is 0 Å². The van der Waals surface area contributed by atoms with Gasteiger partial charge < -0.3 is 11.1 Å². The van der Waals surface area contributed by atoms with Crippen molar-refractivity contribution in [1.29, 1.82) is 0 Å². The lowest BCUT2D eigenvalue weighted by molar-refractivity contribution is -0.124. The van der Waals surface area contributed by atoms with E-state index in [2.05, 4.69) is 19.2 Å². The van der Waals surface area contributed by atoms with Gasteiger partial charge in [-0.2, -0.15) is 0 Å². The number of carbonyl (C=O) groups excluding carboxylic acids is 1. The van der Waals surface area contributed by atoms with Crippen LogP contribution in [0.3, 0.4) is 0 Å². The zero-order valence-corrected chi connectivity index (χ0v) is 9.85. The molecule has 1 fully saturated rings. The van der Waals surface area contributed by atoms with Crippen LogP contribution in [-0.2, 0) is 4.79 Å². The summed E-state index contributed by atoms with van der Waals surface area (Å²) in [6, 6.07) is -0.0951. The molecule has 2 unspecified atom stereocenters. The Morgan fingerprint density at radius 1 is 1.50 bits per heavy atom. The fourth-order valence-electron chi connectivity index (χ4n) is 1.37. The lowest BCUT2D eigenvalue weighted by Crippen LogP contribution is -2.49. The fourth-order valence-corrected chi connectivity index (χ4v) is 1.37. The highest BCUT2D eigenvalue weighted by Gasteiger charge is 2.47. The third-order valence-corrected chi connectivity index (χ3v) is 3.05. The van der Waals surface area contributed by atoms with Crippen molar-refractivity contribution in [2.24, 2.45) is 16.6 Å². The van der Waals surface area contributed by atoms with Gasteiger partial charge >= 0.3 is 0 Å². The third-order valence-electron chi connectivity index (χ3n) is 3.05. The summed E-state index contributed by atoms with van der Waals surface area (Å²) in [5.41, 5.74) is 5.95. The molecule has 1 aliphatic rings. The minimum absolute atomic E-state index is 0.0203. The second-order valence-corrected chi connectivity index (χ2v) is 6.10. The molecule has 1 aliphatic carbocycles. The molecule has 1 rings (SSSR count). The Kier molecular flexibility index (Phi) is 2.65. The normalized spacial score (nSPS) is 26.9. The Bertz CT molecular complexity index is 240. The van der Waals surface area contributed by atoms with E-state index < -0.39 is 6.04 Å². The van der Waals surface area contributed by atoms with Gasteiger partial charge in [-0.05, 0) is 17.3 Å². The molecule has 0 saturated heterocycles. The molecule has 1 amide bonds. The summed E-state index contributed by atoms with van der Waals surface area (Å²) in [7, 11) is 0. The maximum atomic E-state index is 11.7. The molecule has 82 valence electrons. The lowest BCUT2D eigenvalue weighted by atomic mass is 9.87. The van der Waals surface area contributed by atoms with Gasteiger partial charge in [0.05, 0.1) is 6.04 Å². The van der Waals surface area contributed by atoms with Gasteiger partial charge in [-0.15, -0.1) is 0 Å². The summed E-state index contributed by atoms with van der Waals surface area (Å²) in [6.07, 6.45) is 1.07. The smallest absolute Gasteiger partial charge is 0.237 e. The van der Waals surface area contributed by atoms with Crippen LogP contribution in [0.15, 0.2) is 0 Å². The number of nitrogens with one attached hydrogen (secondary N) is 1. The highest BCUT2D eigenvalue weighted by Crippen LogP contribution is 2.44. The molecule has 0 aliphatic heterocycles. The van der Waals surface area contributed by atoms with Crippen LogP contribution in [0.4, 0.5) is 0 Å². The molecule has 2 atom stereocenters. The minimum atomic E-state index is -0.418. The maximum Gasteiger partial charge on any atom is 0.237 e. The zero-order chi connectivity index (χ0) is 11.1. The van der Waals surface area contributed by atoms with Gasteiger partial charge in [-0.3, -0.25) is 4.79 Å². The van der Waals surface area contributed by atoms with E-state index in [0.29, 0.717) is 6.04 Å². The minimum Gasteiger partial charge on any atom is -0.351 e. The lowest BCUT2D eigenvalue weighted by Gasteiger charge is -2.26. The number of hydrogen-bond acceptors (Lipinski definition) is 2. The standard InChI is InChI=1S/C11H22N2O/c1-10(2,3)8(12)9(14)13-7-6-11(7,4)5/h7-8H,6,12H2,1-5H3,(H,13,14). The van der Waals surface area contributed by atoms with Crippen molar-refractivity contribution in [2.45, 2.75) is 53.1 Å². The number of rotatable bonds is 2. The summed E-state index contributed by atoms with van der Waals surface area (Å²) in [6.45, 7) is 10.3. The molecule has 0 aromatic heterocycles. The van der Waals surface area contributed by atoms with Crippen molar-refractivity contribution in [2.75, 3.05) is 0 Å². The number of hydrogen-bond donors (Lipinski definition) is 2. The molecular formula is C11H22N2O. The van der Waals surface area contributed by atoms with Crippen LogP contribution in [0.25, 0.3) is 0 Å². The molecule has 0 aromatic carbocycles. The molecule has 3 nitrogen and oxygen atoms in total. The number of nitrogens with two attached hydrogens (primary N) is 1. The number of amides is 1. The van der Waals surface area contributed by atoms with Gasteiger partial charge in [-0.25, -0.2) is 0 Å². The van der Waals surface area contributed by atoms with Crippen LogP contribution < -0.4 is 11.1 Å². The van der Waals surface area contributed by atoms with Crippen LogP contribution in [0.1, 0.15) is 41.0 Å². The Balaban J connectivity index is 2.44. The van der Waals surface area contributed by atoms with Crippen LogP contribution in [0, 0.1) is 10.8 Å². The summed E-state index contributed by atoms with van der Waals surface area (Å²) < 4.78 is 0. The molecule has 0 aromatic rings. The van der Waals surface area contributed by atoms with E-state index in [1.165, 1.54) is 0 Å². The van der Waals surface area contributed by atoms with Crippen molar-refractivity contribution in [1.82, 2.24) is 5.32 Å². The van der Waals surface area contributed by atoms with Gasteiger partial charge in [0.1, 0.15) is 0 Å². The predicted octanol–water partition coefficient (Wildman–Crippen LogP) is 1.27. The van der Waals surface area contributed by atoms with Crippen LogP contribution in [0.2, 0.25) is 0 Å². The molecule has 14 heavy (non-hydrogen) atoms. The molecule has 0 bridgehead atoms. The topological polar surface area (TPSA) is 55.1 Å². The van der Waals surface area contributed by atoms with E-state index in [1.54, 1.807) is 0 Å². The summed E-state index contributed by atoms with van der Waals surface area (Å²) in [5, 5.41) is 2.99. The molecule has 3 heteroatoms. The molecule has 0 radical (unpaired) electrons. The number of carbonyl (C=O) groups is 1. The average molecular weight is 198 g/mol. The average Bonchev–Trinajstić information content (AvgIpc) is 2.55. The molecule has 3 N–H and O–H groups in total. The van der Waals surface area contributed by atoms with Crippen molar-refractivity contribution in [3.8, 4) is 0 Å². The van der Waals surface area contributed by atoms with Crippen molar-refractivity contribution in [3.63, 3.8) is 0 Å². The van der Waals surface area contributed by atoms with Gasteiger partial charge in [0.15, 0.2) is 0 Å². The fraction of sp³-hybridized carbons (Fsp3) is 0.909. The summed E-state index contributed by atoms with van der Waals surface area (Å²) in [5.74, 6) is -0.0203. The van der Waals surface area contributed by atoms with Gasteiger partial charge in [-0.1, -0.05) is 34.6 Å². The van der Waals surface area contributed by atoms with Crippen molar-refractivity contribution in [3.05, 3.63) is 0 Å². The van der Waals surface area contributed by atoms with Crippen LogP contribution in [0.5, 0.6) is 0 Å². The van der Waals surface area contributed by atoms with Gasteiger partial charge in [0.25, 0.3) is 0 Å². The third kappa shape index (κ3) is 2.47. The molecule has 0 spiro atoms. The van der Waals surface area contributed by atoms with Crippen molar-refractivity contribution >= 4 is 5.91 Å². The maximum absolute atomic E-state index is 11.7.